The monoisotopic (exact) mass is 540 g/mol. The molecule has 0 bridgehead atoms. The third kappa shape index (κ3) is 3.93. The molecule has 1 saturated heterocycles. The number of aryl methyl sites for hydroxylation is 1. The molecular formula is C30H26F2N6O2. The third-order valence-electron chi connectivity index (χ3n) is 8.03. The van der Waals surface area contributed by atoms with Crippen LogP contribution in [0.1, 0.15) is 29.8 Å². The number of nitriles is 1. The summed E-state index contributed by atoms with van der Waals surface area (Å²) in [5, 5.41) is 9.53. The summed E-state index contributed by atoms with van der Waals surface area (Å²) in [6.07, 6.45) is 0. The van der Waals surface area contributed by atoms with E-state index in [1.54, 1.807) is 50.5 Å². The van der Waals surface area contributed by atoms with Crippen molar-refractivity contribution in [3.05, 3.63) is 99.5 Å². The Hall–Kier alpha value is -4.62. The topological polar surface area (TPSA) is 85.5 Å². The predicted octanol–water partition coefficient (Wildman–Crippen LogP) is 3.73. The van der Waals surface area contributed by atoms with Gasteiger partial charge in [0.15, 0.2) is 0 Å². The molecule has 1 fully saturated rings. The van der Waals surface area contributed by atoms with Crippen LogP contribution in [0.25, 0.3) is 11.0 Å². The molecule has 1 amide bonds. The fourth-order valence-electron chi connectivity index (χ4n) is 6.03. The van der Waals surface area contributed by atoms with Crippen LogP contribution in [0.5, 0.6) is 0 Å². The number of hydrogen-bond donors (Lipinski definition) is 0. The molecule has 0 saturated carbocycles. The Balaban J connectivity index is 1.50. The van der Waals surface area contributed by atoms with E-state index in [1.165, 1.54) is 33.7 Å². The molecule has 8 nitrogen and oxygen atoms in total. The Bertz CT molecular complexity index is 1700. The number of pyridine rings is 2. The first-order chi connectivity index (χ1) is 19.2. The van der Waals surface area contributed by atoms with E-state index < -0.39 is 6.04 Å². The highest BCUT2D eigenvalue weighted by Gasteiger charge is 2.46. The number of anilines is 2. The van der Waals surface area contributed by atoms with E-state index >= 15 is 0 Å². The lowest BCUT2D eigenvalue weighted by atomic mass is 9.92. The van der Waals surface area contributed by atoms with Gasteiger partial charge in [-0.2, -0.15) is 5.26 Å². The summed E-state index contributed by atoms with van der Waals surface area (Å²) in [5.41, 5.74) is 3.32. The van der Waals surface area contributed by atoms with E-state index in [-0.39, 0.29) is 53.1 Å². The zero-order valence-corrected chi connectivity index (χ0v) is 22.2. The molecule has 2 aromatic carbocycles. The van der Waals surface area contributed by atoms with E-state index in [4.69, 9.17) is 0 Å². The molecule has 2 atom stereocenters. The zero-order valence-electron chi connectivity index (χ0n) is 22.2. The number of aromatic nitrogens is 2. The molecule has 6 rings (SSSR count). The second-order valence-corrected chi connectivity index (χ2v) is 10.4. The Morgan fingerprint density at radius 3 is 2.08 bits per heavy atom. The van der Waals surface area contributed by atoms with Crippen molar-refractivity contribution in [1.29, 1.82) is 5.26 Å². The summed E-state index contributed by atoms with van der Waals surface area (Å²) in [4.78, 5) is 37.3. The van der Waals surface area contributed by atoms with E-state index in [0.717, 1.165) is 11.1 Å². The van der Waals surface area contributed by atoms with Crippen molar-refractivity contribution in [2.75, 3.05) is 29.9 Å². The van der Waals surface area contributed by atoms with Gasteiger partial charge in [-0.05, 0) is 54.4 Å². The number of carbonyl (C=O) groups excluding carboxylic acids is 1. The van der Waals surface area contributed by atoms with Crippen LogP contribution in [-0.2, 0) is 11.8 Å². The number of carbonyl (C=O) groups is 1. The quantitative estimate of drug-likeness (QED) is 0.394. The van der Waals surface area contributed by atoms with Gasteiger partial charge in [0.2, 0.25) is 0 Å². The van der Waals surface area contributed by atoms with Crippen molar-refractivity contribution in [2.45, 2.75) is 25.0 Å². The number of halogens is 2. The molecule has 4 aromatic rings. The molecule has 0 spiro atoms. The maximum atomic E-state index is 13.9. The van der Waals surface area contributed by atoms with Crippen LogP contribution in [0.15, 0.2) is 65.5 Å². The second kappa shape index (κ2) is 9.54. The van der Waals surface area contributed by atoms with Crippen molar-refractivity contribution in [1.82, 2.24) is 14.5 Å². The lowest BCUT2D eigenvalue weighted by molar-refractivity contribution is -0.121. The van der Waals surface area contributed by atoms with Gasteiger partial charge in [-0.3, -0.25) is 14.5 Å². The zero-order chi connectivity index (χ0) is 28.3. The van der Waals surface area contributed by atoms with Crippen molar-refractivity contribution in [2.24, 2.45) is 7.05 Å². The summed E-state index contributed by atoms with van der Waals surface area (Å²) in [6, 6.07) is 16.6. The molecule has 10 heteroatoms. The first-order valence-electron chi connectivity index (χ1n) is 12.9. The molecule has 2 aliphatic heterocycles. The predicted molar refractivity (Wildman–Crippen MR) is 147 cm³/mol. The van der Waals surface area contributed by atoms with Gasteiger partial charge in [0.05, 0.1) is 17.2 Å². The average Bonchev–Trinajstić information content (AvgIpc) is 2.96. The molecular weight excluding hydrogens is 514 g/mol. The molecule has 2 aliphatic rings. The van der Waals surface area contributed by atoms with Gasteiger partial charge < -0.3 is 14.4 Å². The number of piperazine rings is 1. The van der Waals surface area contributed by atoms with Gasteiger partial charge in [-0.1, -0.05) is 24.3 Å². The van der Waals surface area contributed by atoms with Gasteiger partial charge in [0.1, 0.15) is 40.6 Å². The lowest BCUT2D eigenvalue weighted by Gasteiger charge is -2.51. The minimum absolute atomic E-state index is 0.140. The minimum atomic E-state index is -0.653. The Morgan fingerprint density at radius 1 is 0.900 bits per heavy atom. The van der Waals surface area contributed by atoms with Gasteiger partial charge in [0.25, 0.3) is 11.5 Å². The Morgan fingerprint density at radius 2 is 1.50 bits per heavy atom. The largest absolute Gasteiger partial charge is 0.353 e. The number of amides is 1. The highest BCUT2D eigenvalue weighted by molar-refractivity contribution is 6.10. The van der Waals surface area contributed by atoms with Crippen molar-refractivity contribution < 1.29 is 13.6 Å². The molecule has 0 radical (unpaired) electrons. The van der Waals surface area contributed by atoms with E-state index in [0.29, 0.717) is 23.3 Å². The normalized spacial score (nSPS) is 19.1. The lowest BCUT2D eigenvalue weighted by Crippen LogP contribution is -2.66. The van der Waals surface area contributed by atoms with Gasteiger partial charge >= 0.3 is 0 Å². The molecule has 0 aliphatic carbocycles. The van der Waals surface area contributed by atoms with Crippen LogP contribution >= 0.6 is 0 Å². The minimum Gasteiger partial charge on any atom is -0.353 e. The molecule has 0 unspecified atom stereocenters. The Kier molecular flexibility index (Phi) is 6.11. The number of hydrogen-bond acceptors (Lipinski definition) is 6. The van der Waals surface area contributed by atoms with Crippen molar-refractivity contribution >= 4 is 28.3 Å². The highest BCUT2D eigenvalue weighted by Crippen LogP contribution is 2.42. The summed E-state index contributed by atoms with van der Waals surface area (Å²) < 4.78 is 29.1. The van der Waals surface area contributed by atoms with E-state index in [1.807, 2.05) is 11.8 Å². The number of nitrogens with zero attached hydrogens (tertiary/aromatic N) is 6. The summed E-state index contributed by atoms with van der Waals surface area (Å²) in [5.74, 6) is -0.968. The first kappa shape index (κ1) is 25.6. The third-order valence-corrected chi connectivity index (χ3v) is 8.03. The van der Waals surface area contributed by atoms with Crippen LogP contribution in [-0.4, -0.2) is 52.6 Å². The molecule has 0 N–H and O–H groups in total. The maximum Gasteiger partial charge on any atom is 0.277 e. The van der Waals surface area contributed by atoms with Crippen LogP contribution < -0.4 is 15.4 Å². The van der Waals surface area contributed by atoms with Crippen molar-refractivity contribution in [3.63, 3.8) is 0 Å². The maximum absolute atomic E-state index is 13.9. The summed E-state index contributed by atoms with van der Waals surface area (Å²) >= 11 is 0. The number of fused-ring (bicyclic) bond motifs is 5. The molecule has 40 heavy (non-hydrogen) atoms. The van der Waals surface area contributed by atoms with Crippen molar-refractivity contribution in [3.8, 4) is 6.07 Å². The number of benzene rings is 2. The highest BCUT2D eigenvalue weighted by atomic mass is 19.1. The SMILES string of the molecule is C[C@@H]1CN2c3c(c(=O)n(C)c4ccc(C#N)nc34)N(C)C(=O)[C@H]2CN1C(c1ccc(F)cc1)c1ccc(F)cc1. The van der Waals surface area contributed by atoms with Crippen LogP contribution in [0.3, 0.4) is 0 Å². The summed E-state index contributed by atoms with van der Waals surface area (Å²) in [7, 11) is 3.21. The standard InChI is InChI=1S/C30H26F2N6O2/c1-17-15-38-24(16-37(17)26(18-4-8-20(31)9-5-18)19-6-10-21(32)11-7-19)29(39)36(3)28-27(38)25-23(35(2)30(28)40)13-12-22(14-33)34-25/h4-13,17,24,26H,15-16H2,1-3H3/t17-,24-/m1/s1. The van der Waals surface area contributed by atoms with Crippen LogP contribution in [0, 0.1) is 23.0 Å². The first-order valence-corrected chi connectivity index (χ1v) is 12.9. The Labute approximate surface area is 229 Å². The van der Waals surface area contributed by atoms with Crippen LogP contribution in [0.2, 0.25) is 0 Å². The number of rotatable bonds is 3. The van der Waals surface area contributed by atoms with Gasteiger partial charge in [-0.25, -0.2) is 13.8 Å². The van der Waals surface area contributed by atoms with Gasteiger partial charge in [-0.15, -0.1) is 0 Å². The molecule has 202 valence electrons. The molecule has 4 heterocycles. The fourth-order valence-corrected chi connectivity index (χ4v) is 6.03. The van der Waals surface area contributed by atoms with Gasteiger partial charge in [0, 0.05) is 33.2 Å². The number of likely N-dealkylation sites (N-methyl/N-ethyl adjacent to an activating group) is 1. The average molecular weight is 541 g/mol. The second-order valence-electron chi connectivity index (χ2n) is 10.4. The van der Waals surface area contributed by atoms with Crippen LogP contribution in [0.4, 0.5) is 20.2 Å². The summed E-state index contributed by atoms with van der Waals surface area (Å²) in [6.45, 7) is 2.70. The van der Waals surface area contributed by atoms with E-state index in [2.05, 4.69) is 16.0 Å². The fraction of sp³-hybridized carbons (Fsp3) is 0.267. The molecule has 2 aromatic heterocycles. The smallest absolute Gasteiger partial charge is 0.277 e. The van der Waals surface area contributed by atoms with E-state index in [9.17, 15) is 23.6 Å².